The third-order valence-electron chi connectivity index (χ3n) is 5.63. The van der Waals surface area contributed by atoms with Gasteiger partial charge in [0.2, 0.25) is 0 Å². The fourth-order valence-electron chi connectivity index (χ4n) is 4.05. The van der Waals surface area contributed by atoms with Gasteiger partial charge in [0.25, 0.3) is 0 Å². The Morgan fingerprint density at radius 1 is 1.26 bits per heavy atom. The van der Waals surface area contributed by atoms with E-state index in [0.717, 1.165) is 12.8 Å². The summed E-state index contributed by atoms with van der Waals surface area (Å²) in [5.74, 6) is 1.26. The molecule has 0 radical (unpaired) electrons. The Morgan fingerprint density at radius 3 is 2.68 bits per heavy atom. The van der Waals surface area contributed by atoms with Crippen LogP contribution in [0.15, 0.2) is 6.33 Å². The van der Waals surface area contributed by atoms with Crippen LogP contribution in [0.3, 0.4) is 0 Å². The molecule has 0 amide bonds. The summed E-state index contributed by atoms with van der Waals surface area (Å²) in [7, 11) is -4.34. The molecule has 3 heterocycles. The Labute approximate surface area is 178 Å². The summed E-state index contributed by atoms with van der Waals surface area (Å²) < 4.78 is 23.2. The van der Waals surface area contributed by atoms with Crippen molar-refractivity contribution in [2.45, 2.75) is 69.6 Å². The van der Waals surface area contributed by atoms with Gasteiger partial charge in [0.05, 0.1) is 12.9 Å². The first-order valence-electron chi connectivity index (χ1n) is 10.4. The number of rotatable bonds is 8. The SMILES string of the molecule is CCc1nc(NC2CCCC2)c2ncn([C@@H]3O[C@H](COCP(=O)(O)O)[C@@H](O)[C@H]3O)c2n1. The summed E-state index contributed by atoms with van der Waals surface area (Å²) >= 11 is 0. The van der Waals surface area contributed by atoms with E-state index in [0.29, 0.717) is 35.3 Å². The minimum absolute atomic E-state index is 0.282. The number of nitrogens with zero attached hydrogens (tertiary/aromatic N) is 4. The predicted molar refractivity (Wildman–Crippen MR) is 109 cm³/mol. The van der Waals surface area contributed by atoms with E-state index in [1.54, 1.807) is 4.57 Å². The number of aliphatic hydroxyl groups excluding tert-OH is 2. The number of hydrogen-bond donors (Lipinski definition) is 5. The maximum Gasteiger partial charge on any atom is 0.350 e. The topological polar surface area (TPSA) is 172 Å². The molecule has 1 saturated carbocycles. The van der Waals surface area contributed by atoms with Gasteiger partial charge in [0.15, 0.2) is 23.2 Å². The zero-order valence-electron chi connectivity index (χ0n) is 17.2. The lowest BCUT2D eigenvalue weighted by molar-refractivity contribution is -0.0613. The van der Waals surface area contributed by atoms with E-state index < -0.39 is 38.5 Å². The maximum absolute atomic E-state index is 10.9. The van der Waals surface area contributed by atoms with Crippen LogP contribution in [0.1, 0.15) is 44.7 Å². The van der Waals surface area contributed by atoms with E-state index in [9.17, 15) is 14.8 Å². The summed E-state index contributed by atoms with van der Waals surface area (Å²) in [6.07, 6.45) is 1.23. The van der Waals surface area contributed by atoms with Crippen molar-refractivity contribution in [3.05, 3.63) is 12.2 Å². The molecule has 1 saturated heterocycles. The number of nitrogens with one attached hydrogen (secondary N) is 1. The highest BCUT2D eigenvalue weighted by atomic mass is 31.2. The smallest absolute Gasteiger partial charge is 0.350 e. The zero-order valence-corrected chi connectivity index (χ0v) is 18.1. The Kier molecular flexibility index (Phi) is 6.59. The lowest BCUT2D eigenvalue weighted by Gasteiger charge is -2.18. The average molecular weight is 457 g/mol. The first-order chi connectivity index (χ1) is 14.8. The lowest BCUT2D eigenvalue weighted by Crippen LogP contribution is -2.34. The van der Waals surface area contributed by atoms with Gasteiger partial charge in [-0.05, 0) is 12.8 Å². The molecule has 0 spiro atoms. The van der Waals surface area contributed by atoms with Crippen molar-refractivity contribution in [1.29, 1.82) is 0 Å². The van der Waals surface area contributed by atoms with Crippen LogP contribution < -0.4 is 5.32 Å². The number of aryl methyl sites for hydroxylation is 1. The van der Waals surface area contributed by atoms with Crippen LogP contribution in [0.25, 0.3) is 11.2 Å². The second-order valence-electron chi connectivity index (χ2n) is 8.00. The van der Waals surface area contributed by atoms with Crippen LogP contribution >= 0.6 is 7.60 Å². The molecule has 2 aromatic rings. The van der Waals surface area contributed by atoms with Gasteiger partial charge in [-0.15, -0.1) is 0 Å². The van der Waals surface area contributed by atoms with Gasteiger partial charge in [-0.3, -0.25) is 9.13 Å². The highest BCUT2D eigenvalue weighted by Crippen LogP contribution is 2.36. The number of aliphatic hydroxyl groups is 2. The van der Waals surface area contributed by atoms with Gasteiger partial charge < -0.3 is 34.8 Å². The Balaban J connectivity index is 1.58. The molecule has 2 aliphatic rings. The molecule has 31 heavy (non-hydrogen) atoms. The Morgan fingerprint density at radius 2 is 2.00 bits per heavy atom. The van der Waals surface area contributed by atoms with Gasteiger partial charge in [0, 0.05) is 12.5 Å². The number of fused-ring (bicyclic) bond motifs is 1. The molecule has 1 aliphatic carbocycles. The fraction of sp³-hybridized carbons (Fsp3) is 0.722. The summed E-state index contributed by atoms with van der Waals surface area (Å²) in [5, 5.41) is 24.4. The maximum atomic E-state index is 10.9. The van der Waals surface area contributed by atoms with Gasteiger partial charge in [-0.2, -0.15) is 0 Å². The number of imidazole rings is 1. The molecule has 0 aromatic carbocycles. The number of ether oxygens (including phenoxy) is 2. The van der Waals surface area contributed by atoms with E-state index in [-0.39, 0.29) is 6.61 Å². The molecular weight excluding hydrogens is 429 g/mol. The summed E-state index contributed by atoms with van der Waals surface area (Å²) in [6.45, 7) is 1.66. The third kappa shape index (κ3) is 4.90. The first-order valence-corrected chi connectivity index (χ1v) is 12.2. The third-order valence-corrected chi connectivity index (χ3v) is 6.15. The van der Waals surface area contributed by atoms with Gasteiger partial charge in [-0.25, -0.2) is 15.0 Å². The van der Waals surface area contributed by atoms with Crippen LogP contribution in [0, 0.1) is 0 Å². The van der Waals surface area contributed by atoms with Gasteiger partial charge >= 0.3 is 7.60 Å². The predicted octanol–water partition coefficient (Wildman–Crippen LogP) is 0.514. The van der Waals surface area contributed by atoms with Gasteiger partial charge in [-0.1, -0.05) is 19.8 Å². The molecule has 4 rings (SSSR count). The summed E-state index contributed by atoms with van der Waals surface area (Å²) in [4.78, 5) is 31.4. The van der Waals surface area contributed by atoms with Crippen LogP contribution in [-0.2, 0) is 20.5 Å². The fourth-order valence-corrected chi connectivity index (χ4v) is 4.40. The van der Waals surface area contributed by atoms with Crippen molar-refractivity contribution in [2.24, 2.45) is 0 Å². The minimum Gasteiger partial charge on any atom is -0.387 e. The van der Waals surface area contributed by atoms with Crippen LogP contribution in [-0.4, -0.2) is 76.8 Å². The molecule has 12 nitrogen and oxygen atoms in total. The zero-order chi connectivity index (χ0) is 22.2. The van der Waals surface area contributed by atoms with Gasteiger partial charge in [0.1, 0.15) is 30.5 Å². The highest BCUT2D eigenvalue weighted by Gasteiger charge is 2.44. The van der Waals surface area contributed by atoms with Crippen molar-refractivity contribution in [2.75, 3.05) is 18.3 Å². The molecule has 13 heteroatoms. The van der Waals surface area contributed by atoms with Crippen molar-refractivity contribution in [1.82, 2.24) is 19.5 Å². The molecule has 2 aromatic heterocycles. The molecule has 0 bridgehead atoms. The van der Waals surface area contributed by atoms with Crippen molar-refractivity contribution < 1.29 is 34.0 Å². The molecule has 2 fully saturated rings. The average Bonchev–Trinajstić information content (AvgIpc) is 3.43. The monoisotopic (exact) mass is 457 g/mol. The summed E-state index contributed by atoms with van der Waals surface area (Å²) in [5.41, 5.74) is 1.02. The molecule has 4 atom stereocenters. The normalized spacial score (nSPS) is 27.4. The number of hydrogen-bond acceptors (Lipinski definition) is 9. The van der Waals surface area contributed by atoms with Crippen molar-refractivity contribution in [3.8, 4) is 0 Å². The first kappa shape index (κ1) is 22.5. The van der Waals surface area contributed by atoms with E-state index >= 15 is 0 Å². The van der Waals surface area contributed by atoms with E-state index in [2.05, 4.69) is 20.3 Å². The molecule has 1 aliphatic heterocycles. The highest BCUT2D eigenvalue weighted by molar-refractivity contribution is 7.51. The molecule has 5 N–H and O–H groups in total. The van der Waals surface area contributed by atoms with E-state index in [4.69, 9.17) is 19.3 Å². The van der Waals surface area contributed by atoms with Crippen molar-refractivity contribution >= 4 is 24.6 Å². The van der Waals surface area contributed by atoms with Crippen LogP contribution in [0.4, 0.5) is 5.82 Å². The van der Waals surface area contributed by atoms with Crippen LogP contribution in [0.5, 0.6) is 0 Å². The van der Waals surface area contributed by atoms with E-state index in [1.807, 2.05) is 6.92 Å². The number of anilines is 1. The molecular formula is C18H28N5O7P. The second-order valence-corrected chi connectivity index (χ2v) is 9.59. The summed E-state index contributed by atoms with van der Waals surface area (Å²) in [6, 6.07) is 0.332. The lowest BCUT2D eigenvalue weighted by atomic mass is 10.1. The van der Waals surface area contributed by atoms with Crippen molar-refractivity contribution in [3.63, 3.8) is 0 Å². The number of aromatic nitrogens is 4. The quantitative estimate of drug-likeness (QED) is 0.350. The Hall–Kier alpha value is -1.66. The second kappa shape index (κ2) is 9.07. The minimum atomic E-state index is -4.34. The Bertz CT molecular complexity index is 960. The van der Waals surface area contributed by atoms with Crippen LogP contribution in [0.2, 0.25) is 0 Å². The molecule has 172 valence electrons. The molecule has 0 unspecified atom stereocenters. The standard InChI is InChI=1S/C18H28N5O7P/c1-2-12-21-16(20-10-5-3-4-6-10)13-17(22-12)23(8-19-13)18-15(25)14(24)11(30-18)7-29-9-31(26,27)28/h8,10-11,14-15,18,24-25H,2-7,9H2,1H3,(H,20,21,22)(H2,26,27,28)/t11-,14-,15-,18-/m1/s1. The largest absolute Gasteiger partial charge is 0.387 e. The van der Waals surface area contributed by atoms with E-state index in [1.165, 1.54) is 19.2 Å².